The SMILES string of the molecule is CCc1nnsc1C(=O)O[C@H](C)C(=O)Nc1c(F)cccc1F. The number of benzene rings is 1. The van der Waals surface area contributed by atoms with Crippen LogP contribution in [0.4, 0.5) is 14.5 Å². The molecule has 6 nitrogen and oxygen atoms in total. The zero-order valence-corrected chi connectivity index (χ0v) is 13.1. The van der Waals surface area contributed by atoms with E-state index in [4.69, 9.17) is 4.74 Å². The van der Waals surface area contributed by atoms with Gasteiger partial charge in [-0.1, -0.05) is 17.5 Å². The molecule has 0 spiro atoms. The summed E-state index contributed by atoms with van der Waals surface area (Å²) in [6.45, 7) is 3.09. The van der Waals surface area contributed by atoms with Gasteiger partial charge in [0, 0.05) is 0 Å². The van der Waals surface area contributed by atoms with Crippen LogP contribution in [-0.2, 0) is 16.0 Å². The summed E-state index contributed by atoms with van der Waals surface area (Å²) in [6, 6.07) is 3.19. The lowest BCUT2D eigenvalue weighted by Crippen LogP contribution is -2.30. The normalized spacial score (nSPS) is 11.8. The van der Waals surface area contributed by atoms with Gasteiger partial charge in [-0.3, -0.25) is 4.79 Å². The molecular weight excluding hydrogens is 328 g/mol. The lowest BCUT2D eigenvalue weighted by molar-refractivity contribution is -0.123. The highest BCUT2D eigenvalue weighted by atomic mass is 32.1. The van der Waals surface area contributed by atoms with Crippen molar-refractivity contribution in [3.05, 3.63) is 40.4 Å². The van der Waals surface area contributed by atoms with Gasteiger partial charge in [-0.25, -0.2) is 13.6 Å². The Morgan fingerprint density at radius 1 is 1.35 bits per heavy atom. The van der Waals surface area contributed by atoms with Crippen LogP contribution in [-0.4, -0.2) is 27.6 Å². The van der Waals surface area contributed by atoms with Crippen LogP contribution in [0.5, 0.6) is 0 Å². The number of amides is 1. The Balaban J connectivity index is 2.04. The number of carbonyl (C=O) groups excluding carboxylic acids is 2. The van der Waals surface area contributed by atoms with E-state index in [1.54, 1.807) is 6.92 Å². The van der Waals surface area contributed by atoms with Crippen molar-refractivity contribution in [1.82, 2.24) is 9.59 Å². The summed E-state index contributed by atoms with van der Waals surface area (Å²) in [7, 11) is 0. The van der Waals surface area contributed by atoms with Crippen molar-refractivity contribution in [3.8, 4) is 0 Å². The molecule has 0 saturated carbocycles. The molecule has 9 heteroatoms. The molecule has 0 aliphatic carbocycles. The molecule has 1 atom stereocenters. The zero-order valence-electron chi connectivity index (χ0n) is 12.3. The number of aryl methyl sites for hydroxylation is 1. The maximum absolute atomic E-state index is 13.5. The van der Waals surface area contributed by atoms with Crippen LogP contribution in [0.25, 0.3) is 0 Å². The summed E-state index contributed by atoms with van der Waals surface area (Å²) in [4.78, 5) is 24.1. The van der Waals surface area contributed by atoms with E-state index in [1.165, 1.54) is 13.0 Å². The number of hydrogen-bond acceptors (Lipinski definition) is 6. The fourth-order valence-electron chi connectivity index (χ4n) is 1.70. The molecule has 1 heterocycles. The van der Waals surface area contributed by atoms with Crippen LogP contribution >= 0.6 is 11.5 Å². The molecule has 1 amide bonds. The Morgan fingerprint density at radius 3 is 2.61 bits per heavy atom. The van der Waals surface area contributed by atoms with Crippen molar-refractivity contribution in [3.63, 3.8) is 0 Å². The number of carbonyl (C=O) groups is 2. The third-order valence-corrected chi connectivity index (χ3v) is 3.69. The average molecular weight is 341 g/mol. The zero-order chi connectivity index (χ0) is 17.0. The van der Waals surface area contributed by atoms with Crippen LogP contribution in [0.1, 0.15) is 29.2 Å². The highest BCUT2D eigenvalue weighted by Gasteiger charge is 2.24. The summed E-state index contributed by atoms with van der Waals surface area (Å²) in [5, 5.41) is 5.83. The number of aromatic nitrogens is 2. The molecule has 0 fully saturated rings. The second kappa shape index (κ2) is 7.23. The van der Waals surface area contributed by atoms with Gasteiger partial charge in [0.2, 0.25) is 0 Å². The van der Waals surface area contributed by atoms with Gasteiger partial charge in [0.1, 0.15) is 17.3 Å². The Hall–Kier alpha value is -2.42. The van der Waals surface area contributed by atoms with E-state index in [9.17, 15) is 18.4 Å². The molecule has 1 aromatic heterocycles. The van der Waals surface area contributed by atoms with E-state index in [0.717, 1.165) is 23.7 Å². The fraction of sp³-hybridized carbons (Fsp3) is 0.286. The Kier molecular flexibility index (Phi) is 5.32. The molecule has 2 aromatic rings. The van der Waals surface area contributed by atoms with Gasteiger partial charge < -0.3 is 10.1 Å². The highest BCUT2D eigenvalue weighted by molar-refractivity contribution is 7.07. The van der Waals surface area contributed by atoms with Crippen molar-refractivity contribution in [1.29, 1.82) is 0 Å². The van der Waals surface area contributed by atoms with E-state index in [0.29, 0.717) is 12.1 Å². The standard InChI is InChI=1S/C14H13F2N3O3S/c1-3-10-12(23-19-18-10)14(21)22-7(2)13(20)17-11-8(15)5-4-6-9(11)16/h4-7H,3H2,1-2H3,(H,17,20)/t7-/m1/s1. The first-order valence-electron chi connectivity index (χ1n) is 6.71. The van der Waals surface area contributed by atoms with Crippen LogP contribution in [0.2, 0.25) is 0 Å². The maximum Gasteiger partial charge on any atom is 0.352 e. The Labute approximate surface area is 134 Å². The third kappa shape index (κ3) is 3.86. The summed E-state index contributed by atoms with van der Waals surface area (Å²) in [5.74, 6) is -3.44. The van der Waals surface area contributed by atoms with E-state index < -0.39 is 35.3 Å². The summed E-state index contributed by atoms with van der Waals surface area (Å²) in [6.07, 6.45) is -0.754. The number of esters is 1. The maximum atomic E-state index is 13.5. The number of halogens is 2. The van der Waals surface area contributed by atoms with Gasteiger partial charge >= 0.3 is 5.97 Å². The molecule has 0 unspecified atom stereocenters. The monoisotopic (exact) mass is 341 g/mol. The molecule has 1 aromatic carbocycles. The van der Waals surface area contributed by atoms with Crippen molar-refractivity contribution >= 4 is 29.1 Å². The van der Waals surface area contributed by atoms with Gasteiger partial charge in [0.05, 0.1) is 5.69 Å². The van der Waals surface area contributed by atoms with Crippen LogP contribution < -0.4 is 5.32 Å². The topological polar surface area (TPSA) is 81.2 Å². The first-order valence-corrected chi connectivity index (χ1v) is 7.48. The number of nitrogens with one attached hydrogen (secondary N) is 1. The van der Waals surface area contributed by atoms with Crippen molar-refractivity contribution in [2.75, 3.05) is 5.32 Å². The number of para-hydroxylation sites is 1. The van der Waals surface area contributed by atoms with Crippen molar-refractivity contribution in [2.24, 2.45) is 0 Å². The van der Waals surface area contributed by atoms with E-state index >= 15 is 0 Å². The average Bonchev–Trinajstić information content (AvgIpc) is 2.99. The van der Waals surface area contributed by atoms with Crippen LogP contribution in [0, 0.1) is 11.6 Å². The van der Waals surface area contributed by atoms with E-state index in [-0.39, 0.29) is 4.88 Å². The van der Waals surface area contributed by atoms with Crippen LogP contribution in [0.3, 0.4) is 0 Å². The minimum atomic E-state index is -1.24. The molecule has 23 heavy (non-hydrogen) atoms. The lowest BCUT2D eigenvalue weighted by atomic mass is 10.2. The predicted octanol–water partition coefficient (Wildman–Crippen LogP) is 2.56. The Bertz CT molecular complexity index is 716. The van der Waals surface area contributed by atoms with Crippen molar-refractivity contribution < 1.29 is 23.1 Å². The molecule has 0 aliphatic heterocycles. The van der Waals surface area contributed by atoms with Crippen molar-refractivity contribution in [2.45, 2.75) is 26.4 Å². The Morgan fingerprint density at radius 2 is 2.00 bits per heavy atom. The quantitative estimate of drug-likeness (QED) is 0.845. The number of hydrogen-bond donors (Lipinski definition) is 1. The first-order chi connectivity index (χ1) is 10.9. The molecule has 122 valence electrons. The molecule has 2 rings (SSSR count). The first kappa shape index (κ1) is 16.9. The second-order valence-electron chi connectivity index (χ2n) is 4.54. The molecule has 0 aliphatic rings. The van der Waals surface area contributed by atoms with Gasteiger partial charge in [-0.15, -0.1) is 5.10 Å². The van der Waals surface area contributed by atoms with Gasteiger partial charge in [-0.2, -0.15) is 0 Å². The molecule has 0 saturated heterocycles. The highest BCUT2D eigenvalue weighted by Crippen LogP contribution is 2.19. The summed E-state index contributed by atoms with van der Waals surface area (Å²) >= 11 is 0.857. The number of anilines is 1. The second-order valence-corrected chi connectivity index (χ2v) is 5.29. The number of rotatable bonds is 5. The molecular formula is C14H13F2N3O3S. The van der Waals surface area contributed by atoms with Crippen LogP contribution in [0.15, 0.2) is 18.2 Å². The lowest BCUT2D eigenvalue weighted by Gasteiger charge is -2.13. The fourth-order valence-corrected chi connectivity index (χ4v) is 2.34. The molecule has 0 bridgehead atoms. The summed E-state index contributed by atoms with van der Waals surface area (Å²) < 4.78 is 35.6. The minimum absolute atomic E-state index is 0.198. The van der Waals surface area contributed by atoms with Gasteiger partial charge in [-0.05, 0) is 37.0 Å². The predicted molar refractivity (Wildman–Crippen MR) is 79.2 cm³/mol. The summed E-state index contributed by atoms with van der Waals surface area (Å²) in [5.41, 5.74) is -0.123. The number of nitrogens with zero attached hydrogens (tertiary/aromatic N) is 2. The number of ether oxygens (including phenoxy) is 1. The smallest absolute Gasteiger partial charge is 0.352 e. The minimum Gasteiger partial charge on any atom is -0.448 e. The largest absolute Gasteiger partial charge is 0.448 e. The molecule has 1 N–H and O–H groups in total. The third-order valence-electron chi connectivity index (χ3n) is 2.94. The van der Waals surface area contributed by atoms with E-state index in [1.807, 2.05) is 0 Å². The molecule has 0 radical (unpaired) electrons. The van der Waals surface area contributed by atoms with Gasteiger partial charge in [0.15, 0.2) is 11.0 Å². The van der Waals surface area contributed by atoms with Gasteiger partial charge in [0.25, 0.3) is 5.91 Å². The van der Waals surface area contributed by atoms with E-state index in [2.05, 4.69) is 14.9 Å².